The first-order valence-corrected chi connectivity index (χ1v) is 25.3. The molecule has 0 heterocycles. The van der Waals surface area contributed by atoms with E-state index in [1.165, 1.54) is 44.5 Å². The van der Waals surface area contributed by atoms with Gasteiger partial charge in [0.25, 0.3) is 0 Å². The van der Waals surface area contributed by atoms with E-state index < -0.39 is 10.8 Å². The molecule has 11 aromatic carbocycles. The fraction of sp³-hybridized carbons (Fsp3) is 0.0833. The third kappa shape index (κ3) is 7.16. The normalized spacial score (nSPS) is 14.4. The zero-order chi connectivity index (χ0) is 51.4. The Morgan fingerprint density at radius 1 is 0.316 bits per heavy atom. The highest BCUT2D eigenvalue weighted by Gasteiger charge is 2.51. The van der Waals surface area contributed by atoms with Gasteiger partial charge in [-0.2, -0.15) is 0 Å². The summed E-state index contributed by atoms with van der Waals surface area (Å²) in [6.07, 6.45) is 24.6. The van der Waals surface area contributed by atoms with E-state index in [9.17, 15) is 0 Å². The maximum Gasteiger partial charge on any atom is 0.148 e. The number of hydrogen-bond acceptors (Lipinski definition) is 4. The first kappa shape index (κ1) is 45.7. The van der Waals surface area contributed by atoms with Gasteiger partial charge in [-0.3, -0.25) is 0 Å². The number of terminal acetylenes is 4. The Kier molecular flexibility index (Phi) is 11.1. The smallest absolute Gasteiger partial charge is 0.148 e. The SMILES string of the molecule is C#CCOc1ccc2cc(C3(c4ccc5cc(COC#C)ccc5c4)c4ccccc4-c4cc5c(cc43)-c3ccccc3C5(c3ccc4cc(OCC#C)ccc4c3)c3ccc4cc(OCC#C)ccc4c3)ccc2c1. The zero-order valence-corrected chi connectivity index (χ0v) is 41.4. The maximum atomic E-state index is 5.90. The lowest BCUT2D eigenvalue weighted by molar-refractivity contribution is 0.265. The number of rotatable bonds is 12. The van der Waals surface area contributed by atoms with Crippen molar-refractivity contribution in [2.45, 2.75) is 17.4 Å². The molecule has 0 radical (unpaired) electrons. The Bertz CT molecular complexity index is 3890. The van der Waals surface area contributed by atoms with Gasteiger partial charge in [0, 0.05) is 0 Å². The third-order valence-electron chi connectivity index (χ3n) is 15.6. The number of ether oxygens (including phenoxy) is 4. The van der Waals surface area contributed by atoms with Crippen molar-refractivity contribution < 1.29 is 18.9 Å². The van der Waals surface area contributed by atoms with Crippen LogP contribution in [-0.2, 0) is 22.2 Å². The van der Waals surface area contributed by atoms with E-state index >= 15 is 0 Å². The van der Waals surface area contributed by atoms with E-state index in [-0.39, 0.29) is 19.8 Å². The van der Waals surface area contributed by atoms with Gasteiger partial charge in [-0.25, -0.2) is 0 Å². The van der Waals surface area contributed by atoms with Gasteiger partial charge in [-0.1, -0.05) is 152 Å². The first-order chi connectivity index (χ1) is 37.4. The van der Waals surface area contributed by atoms with Gasteiger partial charge in [-0.15, -0.1) is 19.3 Å². The molecule has 1 atom stereocenters. The van der Waals surface area contributed by atoms with Crippen molar-refractivity contribution in [3.63, 3.8) is 0 Å². The van der Waals surface area contributed by atoms with Gasteiger partial charge in [0.1, 0.15) is 49.8 Å². The molecule has 0 bridgehead atoms. The molecule has 0 saturated carbocycles. The fourth-order valence-electron chi connectivity index (χ4n) is 12.4. The Morgan fingerprint density at radius 2 is 0.658 bits per heavy atom. The van der Waals surface area contributed by atoms with Gasteiger partial charge in [0.05, 0.1) is 10.8 Å². The molecule has 0 aliphatic heterocycles. The molecule has 0 saturated heterocycles. The summed E-state index contributed by atoms with van der Waals surface area (Å²) in [7, 11) is 0. The number of hydrogen-bond donors (Lipinski definition) is 0. The summed E-state index contributed by atoms with van der Waals surface area (Å²) in [5.74, 6) is 10.00. The summed E-state index contributed by atoms with van der Waals surface area (Å²) < 4.78 is 23.1. The zero-order valence-electron chi connectivity index (χ0n) is 41.4. The minimum atomic E-state index is -0.757. The summed E-state index contributed by atoms with van der Waals surface area (Å²) in [4.78, 5) is 0. The maximum absolute atomic E-state index is 5.90. The average Bonchev–Trinajstić information content (AvgIpc) is 4.16. The molecule has 76 heavy (non-hydrogen) atoms. The molecule has 4 heteroatoms. The van der Waals surface area contributed by atoms with Crippen molar-refractivity contribution in [1.29, 1.82) is 0 Å². The lowest BCUT2D eigenvalue weighted by Crippen LogP contribution is -2.30. The molecule has 0 amide bonds. The molecule has 2 aliphatic rings. The summed E-state index contributed by atoms with van der Waals surface area (Å²) in [5.41, 5.74) is 13.7. The van der Waals surface area contributed by atoms with Crippen molar-refractivity contribution in [2.75, 3.05) is 19.8 Å². The second-order valence-corrected chi connectivity index (χ2v) is 19.5. The molecular formula is C72H46O4. The van der Waals surface area contributed by atoms with Gasteiger partial charge >= 0.3 is 0 Å². The molecule has 0 spiro atoms. The Hall–Kier alpha value is -10.1. The lowest BCUT2D eigenvalue weighted by Gasteiger charge is -2.36. The molecule has 358 valence electrons. The molecule has 4 nitrogen and oxygen atoms in total. The summed E-state index contributed by atoms with van der Waals surface area (Å²) in [6, 6.07) is 75.6. The van der Waals surface area contributed by atoms with Crippen LogP contribution < -0.4 is 14.2 Å². The Morgan fingerprint density at radius 3 is 1.04 bits per heavy atom. The van der Waals surface area contributed by atoms with Gasteiger partial charge in [0.2, 0.25) is 0 Å². The van der Waals surface area contributed by atoms with E-state index in [0.29, 0.717) is 6.61 Å². The van der Waals surface area contributed by atoms with E-state index in [1.54, 1.807) is 0 Å². The van der Waals surface area contributed by atoms with Crippen LogP contribution in [0, 0.1) is 49.6 Å². The second kappa shape index (κ2) is 18.4. The van der Waals surface area contributed by atoms with E-state index in [4.69, 9.17) is 44.6 Å². The largest absolute Gasteiger partial charge is 0.481 e. The predicted octanol–water partition coefficient (Wildman–Crippen LogP) is 15.2. The highest BCUT2D eigenvalue weighted by atomic mass is 16.5. The van der Waals surface area contributed by atoms with Crippen LogP contribution in [0.5, 0.6) is 17.2 Å². The highest BCUT2D eigenvalue weighted by molar-refractivity contribution is 5.98. The van der Waals surface area contributed by atoms with Crippen molar-refractivity contribution in [3.05, 3.63) is 256 Å². The van der Waals surface area contributed by atoms with Crippen molar-refractivity contribution in [2.24, 2.45) is 0 Å². The Labute approximate surface area is 442 Å². The van der Waals surface area contributed by atoms with Crippen LogP contribution in [0.1, 0.15) is 50.1 Å². The molecule has 2 aliphatic carbocycles. The summed E-state index contributed by atoms with van der Waals surface area (Å²) in [5, 5.41) is 8.68. The first-order valence-electron chi connectivity index (χ1n) is 25.3. The average molecular weight is 975 g/mol. The topological polar surface area (TPSA) is 36.9 Å². The van der Waals surface area contributed by atoms with Gasteiger partial charge in [0.15, 0.2) is 0 Å². The molecular weight excluding hydrogens is 929 g/mol. The standard InChI is InChI=1S/C72H46O4/c1-5-33-74-60-30-23-50-38-57(27-20-53(50)41-60)71(56-26-19-48-36-47(46-73-8-4)17-18-49(48)37-56)67-15-11-9-13-63(67)65-45-70-66(44-69(65)71)64-14-10-12-16-68(64)72(70,58-28-21-54-42-61(75-34-6-2)31-24-51(54)39-58)59-29-22-55-43-62(76-35-7-3)32-25-52(55)40-59/h1-4,9-32,36-45H,33-35,46H2. The molecule has 0 fully saturated rings. The van der Waals surface area contributed by atoms with Gasteiger partial charge in [-0.05, 0) is 194 Å². The minimum Gasteiger partial charge on any atom is -0.481 e. The van der Waals surface area contributed by atoms with Crippen molar-refractivity contribution >= 4 is 43.1 Å². The van der Waals surface area contributed by atoms with Crippen LogP contribution in [0.2, 0.25) is 0 Å². The molecule has 11 aromatic rings. The van der Waals surface area contributed by atoms with Crippen LogP contribution in [0.3, 0.4) is 0 Å². The van der Waals surface area contributed by atoms with Crippen LogP contribution in [0.25, 0.3) is 65.3 Å². The van der Waals surface area contributed by atoms with Crippen molar-refractivity contribution in [1.82, 2.24) is 0 Å². The van der Waals surface area contributed by atoms with E-state index in [0.717, 1.165) is 88.2 Å². The Balaban J connectivity index is 1.10. The van der Waals surface area contributed by atoms with Crippen molar-refractivity contribution in [3.8, 4) is 89.1 Å². The number of fused-ring (bicyclic) bond motifs is 10. The van der Waals surface area contributed by atoms with Crippen LogP contribution in [0.15, 0.2) is 206 Å². The second-order valence-electron chi connectivity index (χ2n) is 19.5. The van der Waals surface area contributed by atoms with Crippen LogP contribution >= 0.6 is 0 Å². The van der Waals surface area contributed by atoms with Crippen LogP contribution in [-0.4, -0.2) is 19.8 Å². The summed E-state index contributed by atoms with van der Waals surface area (Å²) in [6.45, 7) is 0.935. The van der Waals surface area contributed by atoms with Gasteiger partial charge < -0.3 is 18.9 Å². The predicted molar refractivity (Wildman–Crippen MR) is 308 cm³/mol. The lowest BCUT2D eigenvalue weighted by atomic mass is 9.65. The molecule has 1 unspecified atom stereocenters. The monoisotopic (exact) mass is 974 g/mol. The van der Waals surface area contributed by atoms with E-state index in [1.807, 2.05) is 18.2 Å². The third-order valence-corrected chi connectivity index (χ3v) is 15.6. The minimum absolute atomic E-state index is 0.199. The quantitative estimate of drug-likeness (QED) is 0.114. The molecule has 0 N–H and O–H groups in total. The fourth-order valence-corrected chi connectivity index (χ4v) is 12.4. The van der Waals surface area contributed by atoms with E-state index in [2.05, 4.69) is 212 Å². The number of benzene rings is 11. The molecule has 0 aromatic heterocycles. The van der Waals surface area contributed by atoms with Crippen LogP contribution in [0.4, 0.5) is 0 Å². The summed E-state index contributed by atoms with van der Waals surface area (Å²) >= 11 is 0. The highest BCUT2D eigenvalue weighted by Crippen LogP contribution is 2.63. The molecule has 13 rings (SSSR count).